The molecule has 1 saturated heterocycles. The van der Waals surface area contributed by atoms with Gasteiger partial charge in [0.1, 0.15) is 10.6 Å². The van der Waals surface area contributed by atoms with Crippen LogP contribution in [0.5, 0.6) is 0 Å². The number of sulfonamides is 1. The Morgan fingerprint density at radius 3 is 2.65 bits per heavy atom. The van der Waals surface area contributed by atoms with Crippen molar-refractivity contribution < 1.29 is 23.4 Å². The average Bonchev–Trinajstić information content (AvgIpc) is 2.92. The summed E-state index contributed by atoms with van der Waals surface area (Å²) in [6, 6.07) is 0.697. The van der Waals surface area contributed by atoms with E-state index in [1.54, 1.807) is 0 Å². The predicted octanol–water partition coefficient (Wildman–Crippen LogP) is 0.115. The van der Waals surface area contributed by atoms with Crippen LogP contribution in [0.2, 0.25) is 0 Å². The van der Waals surface area contributed by atoms with Gasteiger partial charge in [0, 0.05) is 19.8 Å². The van der Waals surface area contributed by atoms with E-state index in [2.05, 4.69) is 0 Å². The van der Waals surface area contributed by atoms with Gasteiger partial charge in [-0.2, -0.15) is 4.31 Å². The number of aliphatic hydroxyl groups excluding tert-OH is 1. The zero-order valence-electron chi connectivity index (χ0n) is 11.4. The molecule has 112 valence electrons. The molecule has 2 heterocycles. The van der Waals surface area contributed by atoms with Gasteiger partial charge in [-0.1, -0.05) is 6.92 Å². The van der Waals surface area contributed by atoms with Crippen molar-refractivity contribution in [3.8, 4) is 0 Å². The molecule has 0 aliphatic carbocycles. The molecule has 2 atom stereocenters. The van der Waals surface area contributed by atoms with Crippen LogP contribution < -0.4 is 0 Å². The maximum absolute atomic E-state index is 12.5. The highest BCUT2D eigenvalue weighted by Gasteiger charge is 2.39. The molecule has 7 nitrogen and oxygen atoms in total. The minimum atomic E-state index is -3.78. The van der Waals surface area contributed by atoms with Crippen molar-refractivity contribution in [3.63, 3.8) is 0 Å². The number of aromatic nitrogens is 1. The van der Waals surface area contributed by atoms with Gasteiger partial charge in [0.05, 0.1) is 12.6 Å². The van der Waals surface area contributed by atoms with E-state index in [-0.39, 0.29) is 23.1 Å². The van der Waals surface area contributed by atoms with Gasteiger partial charge in [0.2, 0.25) is 10.0 Å². The first-order chi connectivity index (χ1) is 9.28. The van der Waals surface area contributed by atoms with Crippen LogP contribution in [0.3, 0.4) is 0 Å². The lowest BCUT2D eigenvalue weighted by Gasteiger charge is -2.23. The molecule has 1 aromatic rings. The minimum absolute atomic E-state index is 0.0510. The molecule has 2 unspecified atom stereocenters. The quantitative estimate of drug-likeness (QED) is 0.822. The van der Waals surface area contributed by atoms with Crippen molar-refractivity contribution in [2.45, 2.75) is 24.3 Å². The molecule has 0 bridgehead atoms. The third-order valence-electron chi connectivity index (χ3n) is 3.82. The number of carboxylic acid groups (broad SMARTS) is 1. The summed E-state index contributed by atoms with van der Waals surface area (Å²) in [6.07, 6.45) is 1.97. The lowest BCUT2D eigenvalue weighted by molar-refractivity contribution is 0.0686. The van der Waals surface area contributed by atoms with Crippen molar-refractivity contribution in [1.82, 2.24) is 8.87 Å². The zero-order valence-corrected chi connectivity index (χ0v) is 12.2. The Morgan fingerprint density at radius 1 is 1.50 bits per heavy atom. The van der Waals surface area contributed by atoms with Gasteiger partial charge in [-0.25, -0.2) is 13.2 Å². The molecule has 1 aliphatic rings. The van der Waals surface area contributed by atoms with Crippen molar-refractivity contribution in [3.05, 3.63) is 18.0 Å². The summed E-state index contributed by atoms with van der Waals surface area (Å²) in [5, 5.41) is 18.3. The van der Waals surface area contributed by atoms with Crippen LogP contribution >= 0.6 is 0 Å². The highest BCUT2D eigenvalue weighted by Crippen LogP contribution is 2.30. The summed E-state index contributed by atoms with van der Waals surface area (Å²) in [5.41, 5.74) is -0.0867. The van der Waals surface area contributed by atoms with Gasteiger partial charge in [-0.05, 0) is 18.4 Å². The first-order valence-electron chi connectivity index (χ1n) is 6.31. The normalized spacial score (nSPS) is 24.1. The standard InChI is InChI=1S/C12H18N2O5S/c1-8-3-4-14(11(8)7-15)20(18,19)9-5-10(12(16)17)13(2)6-9/h5-6,8,11,15H,3-4,7H2,1-2H3,(H,16,17). The number of carboxylic acids is 1. The average molecular weight is 302 g/mol. The van der Waals surface area contributed by atoms with Crippen LogP contribution in [-0.2, 0) is 17.1 Å². The Morgan fingerprint density at radius 2 is 2.15 bits per heavy atom. The molecule has 1 fully saturated rings. The molecule has 8 heteroatoms. The lowest BCUT2D eigenvalue weighted by Crippen LogP contribution is -2.39. The van der Waals surface area contributed by atoms with Gasteiger partial charge < -0.3 is 14.8 Å². The van der Waals surface area contributed by atoms with Gasteiger partial charge in [-0.3, -0.25) is 0 Å². The van der Waals surface area contributed by atoms with Crippen LogP contribution in [0, 0.1) is 5.92 Å². The van der Waals surface area contributed by atoms with Crippen LogP contribution in [0.15, 0.2) is 17.2 Å². The molecule has 1 aromatic heterocycles. The zero-order chi connectivity index (χ0) is 15.1. The maximum Gasteiger partial charge on any atom is 0.352 e. The molecule has 0 aromatic carbocycles. The number of aromatic carboxylic acids is 1. The van der Waals surface area contributed by atoms with E-state index in [0.29, 0.717) is 13.0 Å². The first-order valence-corrected chi connectivity index (χ1v) is 7.75. The fourth-order valence-corrected chi connectivity index (χ4v) is 4.37. The summed E-state index contributed by atoms with van der Waals surface area (Å²) in [6.45, 7) is 2.00. The Kier molecular flexibility index (Phi) is 3.90. The van der Waals surface area contributed by atoms with Gasteiger partial charge in [0.15, 0.2) is 0 Å². The van der Waals surface area contributed by atoms with Crippen molar-refractivity contribution in [2.24, 2.45) is 13.0 Å². The summed E-state index contributed by atoms with van der Waals surface area (Å²) in [5.74, 6) is -1.10. The number of hydrogen-bond donors (Lipinski definition) is 2. The molecule has 0 radical (unpaired) electrons. The topological polar surface area (TPSA) is 99.8 Å². The van der Waals surface area contributed by atoms with Gasteiger partial charge in [0.25, 0.3) is 0 Å². The molecule has 2 N–H and O–H groups in total. The molecule has 2 rings (SSSR count). The molecule has 0 spiro atoms. The number of aryl methyl sites for hydroxylation is 1. The molecule has 0 saturated carbocycles. The molecular weight excluding hydrogens is 284 g/mol. The lowest BCUT2D eigenvalue weighted by atomic mass is 10.0. The number of hydrogen-bond acceptors (Lipinski definition) is 4. The van der Waals surface area contributed by atoms with Crippen LogP contribution in [-0.4, -0.2) is 52.7 Å². The van der Waals surface area contributed by atoms with Crippen LogP contribution in [0.1, 0.15) is 23.8 Å². The van der Waals surface area contributed by atoms with E-state index in [9.17, 15) is 18.3 Å². The van der Waals surface area contributed by atoms with Crippen LogP contribution in [0.25, 0.3) is 0 Å². The monoisotopic (exact) mass is 302 g/mol. The molecule has 0 amide bonds. The Hall–Kier alpha value is -1.38. The summed E-state index contributed by atoms with van der Waals surface area (Å²) < 4.78 is 27.6. The number of rotatable bonds is 4. The van der Waals surface area contributed by atoms with Crippen molar-refractivity contribution >= 4 is 16.0 Å². The van der Waals surface area contributed by atoms with E-state index in [1.165, 1.54) is 22.1 Å². The first kappa shape index (κ1) is 15.0. The minimum Gasteiger partial charge on any atom is -0.477 e. The summed E-state index contributed by atoms with van der Waals surface area (Å²) in [7, 11) is -2.29. The highest BCUT2D eigenvalue weighted by atomic mass is 32.2. The van der Waals surface area contributed by atoms with E-state index in [1.807, 2.05) is 6.92 Å². The Bertz CT molecular complexity index is 622. The van der Waals surface area contributed by atoms with E-state index < -0.39 is 22.0 Å². The summed E-state index contributed by atoms with van der Waals surface area (Å²) >= 11 is 0. The highest BCUT2D eigenvalue weighted by molar-refractivity contribution is 7.89. The number of aliphatic hydroxyl groups is 1. The second kappa shape index (κ2) is 5.19. The third kappa shape index (κ3) is 2.34. The molecular formula is C12H18N2O5S. The fraction of sp³-hybridized carbons (Fsp3) is 0.583. The number of carbonyl (C=O) groups is 1. The molecule has 1 aliphatic heterocycles. The summed E-state index contributed by atoms with van der Waals surface area (Å²) in [4.78, 5) is 10.9. The second-order valence-electron chi connectivity index (χ2n) is 5.11. The molecule has 20 heavy (non-hydrogen) atoms. The Labute approximate surface area is 117 Å². The van der Waals surface area contributed by atoms with Gasteiger partial charge in [-0.15, -0.1) is 0 Å². The van der Waals surface area contributed by atoms with Gasteiger partial charge >= 0.3 is 5.97 Å². The van der Waals surface area contributed by atoms with E-state index in [0.717, 1.165) is 6.07 Å². The third-order valence-corrected chi connectivity index (χ3v) is 5.71. The van der Waals surface area contributed by atoms with Crippen LogP contribution in [0.4, 0.5) is 0 Å². The largest absolute Gasteiger partial charge is 0.477 e. The van der Waals surface area contributed by atoms with Crippen molar-refractivity contribution in [2.75, 3.05) is 13.2 Å². The number of nitrogens with zero attached hydrogens (tertiary/aromatic N) is 2. The maximum atomic E-state index is 12.5. The predicted molar refractivity (Wildman–Crippen MR) is 70.9 cm³/mol. The van der Waals surface area contributed by atoms with E-state index >= 15 is 0 Å². The Balaban J connectivity index is 2.40. The smallest absolute Gasteiger partial charge is 0.352 e. The van der Waals surface area contributed by atoms with Crippen molar-refractivity contribution in [1.29, 1.82) is 0 Å². The van der Waals surface area contributed by atoms with E-state index in [4.69, 9.17) is 5.11 Å². The fourth-order valence-electron chi connectivity index (χ4n) is 2.57. The SMILES string of the molecule is CC1CCN(S(=O)(=O)c2cc(C(=O)O)n(C)c2)C1CO. The second-order valence-corrected chi connectivity index (χ2v) is 7.00.